The molecule has 2 atom stereocenters. The van der Waals surface area contributed by atoms with Crippen molar-refractivity contribution in [1.82, 2.24) is 10.3 Å². The van der Waals surface area contributed by atoms with Crippen molar-refractivity contribution in [3.63, 3.8) is 0 Å². The average Bonchev–Trinajstić information content (AvgIpc) is 2.72. The van der Waals surface area contributed by atoms with Crippen LogP contribution in [-0.4, -0.2) is 22.0 Å². The molecule has 1 aliphatic rings. The predicted octanol–water partition coefficient (Wildman–Crippen LogP) is 2.44. The van der Waals surface area contributed by atoms with Crippen molar-refractivity contribution in [2.45, 2.75) is 38.1 Å². The third-order valence-electron chi connectivity index (χ3n) is 2.59. The van der Waals surface area contributed by atoms with Crippen LogP contribution >= 0.6 is 23.1 Å². The Hall–Kier alpha value is -0.0600. The van der Waals surface area contributed by atoms with Gasteiger partial charge in [-0.05, 0) is 19.1 Å². The van der Waals surface area contributed by atoms with Crippen molar-refractivity contribution in [1.29, 1.82) is 0 Å². The average molecular weight is 228 g/mol. The lowest BCUT2D eigenvalue weighted by molar-refractivity contribution is 0.509. The molecule has 0 aromatic carbocycles. The van der Waals surface area contributed by atoms with Crippen molar-refractivity contribution in [3.05, 3.63) is 16.1 Å². The number of thiazole rings is 1. The molecule has 1 aromatic rings. The van der Waals surface area contributed by atoms with Crippen LogP contribution in [0.1, 0.15) is 24.0 Å². The van der Waals surface area contributed by atoms with E-state index in [1.807, 2.05) is 0 Å². The Balaban J connectivity index is 1.82. The molecule has 1 saturated heterocycles. The van der Waals surface area contributed by atoms with Crippen molar-refractivity contribution in [2.24, 2.45) is 0 Å². The number of aryl methyl sites for hydroxylation is 1. The quantitative estimate of drug-likeness (QED) is 0.860. The van der Waals surface area contributed by atoms with Crippen molar-refractivity contribution >= 4 is 23.1 Å². The largest absolute Gasteiger partial charge is 0.307 e. The molecule has 0 saturated carbocycles. The summed E-state index contributed by atoms with van der Waals surface area (Å²) in [7, 11) is 0. The summed E-state index contributed by atoms with van der Waals surface area (Å²) in [5.41, 5.74) is 1.19. The summed E-state index contributed by atoms with van der Waals surface area (Å²) >= 11 is 3.80. The van der Waals surface area contributed by atoms with Crippen LogP contribution in [0.25, 0.3) is 0 Å². The smallest absolute Gasteiger partial charge is 0.0897 e. The molecule has 0 bridgehead atoms. The minimum Gasteiger partial charge on any atom is -0.307 e. The number of hydrogen-bond acceptors (Lipinski definition) is 4. The highest BCUT2D eigenvalue weighted by Crippen LogP contribution is 2.26. The fraction of sp³-hybridized carbons (Fsp3) is 0.700. The van der Waals surface area contributed by atoms with E-state index in [9.17, 15) is 0 Å². The molecule has 2 nitrogen and oxygen atoms in total. The highest BCUT2D eigenvalue weighted by molar-refractivity contribution is 8.00. The van der Waals surface area contributed by atoms with Crippen LogP contribution < -0.4 is 5.32 Å². The third-order valence-corrected chi connectivity index (χ3v) is 4.74. The van der Waals surface area contributed by atoms with E-state index >= 15 is 0 Å². The van der Waals surface area contributed by atoms with Gasteiger partial charge in [-0.15, -0.1) is 11.3 Å². The molecule has 4 heteroatoms. The van der Waals surface area contributed by atoms with Crippen LogP contribution in [0, 0.1) is 6.92 Å². The van der Waals surface area contributed by atoms with Gasteiger partial charge in [-0.1, -0.05) is 6.92 Å². The van der Waals surface area contributed by atoms with E-state index in [0.29, 0.717) is 6.04 Å². The Labute approximate surface area is 93.5 Å². The minimum atomic E-state index is 0.682. The maximum absolute atomic E-state index is 4.45. The first-order valence-corrected chi connectivity index (χ1v) is 6.94. The summed E-state index contributed by atoms with van der Waals surface area (Å²) in [6.45, 7) is 5.30. The van der Waals surface area contributed by atoms with E-state index in [0.717, 1.165) is 16.8 Å². The van der Waals surface area contributed by atoms with Gasteiger partial charge in [0, 0.05) is 23.2 Å². The van der Waals surface area contributed by atoms with Crippen LogP contribution in [0.2, 0.25) is 0 Å². The van der Waals surface area contributed by atoms with E-state index < -0.39 is 0 Å². The number of thioether (sulfide) groups is 1. The highest BCUT2D eigenvalue weighted by atomic mass is 32.2. The molecule has 2 heterocycles. The minimum absolute atomic E-state index is 0.682. The maximum Gasteiger partial charge on any atom is 0.0897 e. The van der Waals surface area contributed by atoms with Gasteiger partial charge in [-0.25, -0.2) is 4.98 Å². The second-order valence-corrected chi connectivity index (χ2v) is 6.26. The summed E-state index contributed by atoms with van der Waals surface area (Å²) in [5, 5.41) is 7.65. The Morgan fingerprint density at radius 1 is 1.64 bits per heavy atom. The first kappa shape index (κ1) is 10.5. The standard InChI is InChI=1S/C10H16N2S2/c1-7-10(3-4-13-7)11-5-9-6-14-8(2)12-9/h6-7,10-11H,3-5H2,1-2H3. The Kier molecular flexibility index (Phi) is 3.47. The van der Waals surface area contributed by atoms with Crippen LogP contribution in [0.4, 0.5) is 0 Å². The zero-order valence-corrected chi connectivity index (χ0v) is 10.3. The molecule has 1 N–H and O–H groups in total. The number of nitrogens with one attached hydrogen (secondary N) is 1. The fourth-order valence-corrected chi connectivity index (χ4v) is 3.56. The SMILES string of the molecule is Cc1nc(CNC2CCSC2C)cs1. The molecule has 2 rings (SSSR count). The third kappa shape index (κ3) is 2.49. The van der Waals surface area contributed by atoms with Gasteiger partial charge in [0.25, 0.3) is 0 Å². The fourth-order valence-electron chi connectivity index (χ4n) is 1.72. The summed E-state index contributed by atoms with van der Waals surface area (Å²) in [5.74, 6) is 1.30. The van der Waals surface area contributed by atoms with Gasteiger partial charge in [0.2, 0.25) is 0 Å². The van der Waals surface area contributed by atoms with Gasteiger partial charge in [-0.3, -0.25) is 0 Å². The van der Waals surface area contributed by atoms with Gasteiger partial charge >= 0.3 is 0 Å². The molecule has 1 fully saturated rings. The summed E-state index contributed by atoms with van der Waals surface area (Å²) in [6, 6.07) is 0.682. The Morgan fingerprint density at radius 3 is 3.07 bits per heavy atom. The van der Waals surface area contributed by atoms with E-state index in [4.69, 9.17) is 0 Å². The molecular weight excluding hydrogens is 212 g/mol. The first-order chi connectivity index (χ1) is 6.75. The zero-order chi connectivity index (χ0) is 9.97. The van der Waals surface area contributed by atoms with Crippen LogP contribution in [0.5, 0.6) is 0 Å². The Morgan fingerprint density at radius 2 is 2.50 bits per heavy atom. The molecule has 0 aliphatic carbocycles. The number of aromatic nitrogens is 1. The number of hydrogen-bond donors (Lipinski definition) is 1. The Bertz CT molecular complexity index is 298. The van der Waals surface area contributed by atoms with E-state index in [1.165, 1.54) is 17.9 Å². The second kappa shape index (κ2) is 4.64. The summed E-state index contributed by atoms with van der Waals surface area (Å²) in [4.78, 5) is 4.45. The van der Waals surface area contributed by atoms with Crippen LogP contribution in [0.15, 0.2) is 5.38 Å². The van der Waals surface area contributed by atoms with E-state index in [-0.39, 0.29) is 0 Å². The van der Waals surface area contributed by atoms with E-state index in [1.54, 1.807) is 11.3 Å². The molecule has 1 aliphatic heterocycles. The molecule has 1 aromatic heterocycles. The molecule has 14 heavy (non-hydrogen) atoms. The van der Waals surface area contributed by atoms with Gasteiger partial charge < -0.3 is 5.32 Å². The van der Waals surface area contributed by atoms with E-state index in [2.05, 4.69) is 41.3 Å². The molecule has 0 spiro atoms. The van der Waals surface area contributed by atoms with Gasteiger partial charge in [-0.2, -0.15) is 11.8 Å². The lowest BCUT2D eigenvalue weighted by atomic mass is 10.2. The highest BCUT2D eigenvalue weighted by Gasteiger charge is 2.23. The monoisotopic (exact) mass is 228 g/mol. The zero-order valence-electron chi connectivity index (χ0n) is 8.62. The van der Waals surface area contributed by atoms with Crippen molar-refractivity contribution in [2.75, 3.05) is 5.75 Å². The van der Waals surface area contributed by atoms with Crippen molar-refractivity contribution in [3.8, 4) is 0 Å². The second-order valence-electron chi connectivity index (χ2n) is 3.71. The predicted molar refractivity (Wildman–Crippen MR) is 64.0 cm³/mol. The molecular formula is C10H16N2S2. The van der Waals surface area contributed by atoms with Crippen molar-refractivity contribution < 1.29 is 0 Å². The summed E-state index contributed by atoms with van der Waals surface area (Å²) < 4.78 is 0. The lowest BCUT2D eigenvalue weighted by Gasteiger charge is -2.15. The maximum atomic E-state index is 4.45. The summed E-state index contributed by atoms with van der Waals surface area (Å²) in [6.07, 6.45) is 1.30. The topological polar surface area (TPSA) is 24.9 Å². The van der Waals surface area contributed by atoms with Gasteiger partial charge in [0.1, 0.15) is 0 Å². The molecule has 0 amide bonds. The van der Waals surface area contributed by atoms with Gasteiger partial charge in [0.05, 0.1) is 10.7 Å². The van der Waals surface area contributed by atoms with Crippen LogP contribution in [0.3, 0.4) is 0 Å². The normalized spacial score (nSPS) is 27.0. The number of rotatable bonds is 3. The first-order valence-electron chi connectivity index (χ1n) is 5.01. The molecule has 2 unspecified atom stereocenters. The molecule has 78 valence electrons. The number of nitrogens with zero attached hydrogens (tertiary/aromatic N) is 1. The molecule has 0 radical (unpaired) electrons. The van der Waals surface area contributed by atoms with Crippen LogP contribution in [-0.2, 0) is 6.54 Å². The van der Waals surface area contributed by atoms with Gasteiger partial charge in [0.15, 0.2) is 0 Å². The lowest BCUT2D eigenvalue weighted by Crippen LogP contribution is -2.32.